The minimum atomic E-state index is -0.297. The van der Waals surface area contributed by atoms with Crippen molar-refractivity contribution in [2.24, 2.45) is 0 Å². The topological polar surface area (TPSA) is 9.23 Å². The van der Waals surface area contributed by atoms with Crippen LogP contribution in [0.25, 0.3) is 0 Å². The lowest BCUT2D eigenvalue weighted by Gasteiger charge is -2.26. The molecule has 0 aromatic heterocycles. The Bertz CT molecular complexity index is 310. The largest absolute Gasteiger partial charge is 0.487 e. The average Bonchev–Trinajstić information content (AvgIpc) is 2.04. The molecule has 0 N–H and O–H groups in total. The molecule has 1 nitrogen and oxygen atoms in total. The van der Waals surface area contributed by atoms with Crippen LogP contribution >= 0.6 is 15.9 Å². The highest BCUT2D eigenvalue weighted by molar-refractivity contribution is 9.10. The van der Waals surface area contributed by atoms with Crippen molar-refractivity contribution in [2.75, 3.05) is 0 Å². The molecule has 70 valence electrons. The molecule has 1 aromatic carbocycles. The monoisotopic (exact) mass is 244 g/mol. The Kier molecular flexibility index (Phi) is 2.54. The maximum Gasteiger partial charge on any atom is 0.179 e. The Hall–Kier alpha value is -0.570. The first-order chi connectivity index (χ1) is 6.27. The van der Waals surface area contributed by atoms with Gasteiger partial charge in [-0.15, -0.1) is 0 Å². The van der Waals surface area contributed by atoms with E-state index in [9.17, 15) is 4.39 Å². The van der Waals surface area contributed by atoms with Gasteiger partial charge in [0.2, 0.25) is 0 Å². The van der Waals surface area contributed by atoms with Gasteiger partial charge in [0.25, 0.3) is 0 Å². The van der Waals surface area contributed by atoms with E-state index in [0.29, 0.717) is 10.2 Å². The van der Waals surface area contributed by atoms with E-state index in [1.807, 2.05) is 0 Å². The molecule has 0 bridgehead atoms. The third-order valence-corrected chi connectivity index (χ3v) is 2.87. The van der Waals surface area contributed by atoms with E-state index < -0.39 is 0 Å². The van der Waals surface area contributed by atoms with Crippen LogP contribution in [0.4, 0.5) is 4.39 Å². The van der Waals surface area contributed by atoms with Gasteiger partial charge in [0, 0.05) is 0 Å². The van der Waals surface area contributed by atoms with Crippen molar-refractivity contribution in [3.63, 3.8) is 0 Å². The van der Waals surface area contributed by atoms with E-state index >= 15 is 0 Å². The molecule has 1 saturated carbocycles. The lowest BCUT2D eigenvalue weighted by atomic mass is 9.96. The summed E-state index contributed by atoms with van der Waals surface area (Å²) < 4.78 is 19.3. The molecule has 1 aromatic rings. The second kappa shape index (κ2) is 3.66. The predicted molar refractivity (Wildman–Crippen MR) is 52.4 cm³/mol. The maximum absolute atomic E-state index is 13.4. The fraction of sp³-hybridized carbons (Fsp3) is 0.400. The molecule has 0 amide bonds. The Balaban J connectivity index is 2.14. The molecule has 13 heavy (non-hydrogen) atoms. The molecule has 1 aliphatic rings. The normalized spacial score (nSPS) is 16.8. The molecular weight excluding hydrogens is 235 g/mol. The zero-order valence-corrected chi connectivity index (χ0v) is 8.68. The third-order valence-electron chi connectivity index (χ3n) is 2.26. The fourth-order valence-corrected chi connectivity index (χ4v) is 1.59. The SMILES string of the molecule is Fc1c(Br)cccc1OC1CCC1. The summed E-state index contributed by atoms with van der Waals surface area (Å²) in [6, 6.07) is 5.11. The number of benzene rings is 1. The molecule has 0 aliphatic heterocycles. The van der Waals surface area contributed by atoms with Gasteiger partial charge < -0.3 is 4.74 Å². The summed E-state index contributed by atoms with van der Waals surface area (Å²) in [5.41, 5.74) is 0. The summed E-state index contributed by atoms with van der Waals surface area (Å²) in [5, 5.41) is 0. The third kappa shape index (κ3) is 1.85. The van der Waals surface area contributed by atoms with Crippen molar-refractivity contribution in [1.29, 1.82) is 0 Å². The van der Waals surface area contributed by atoms with Gasteiger partial charge in [-0.2, -0.15) is 0 Å². The van der Waals surface area contributed by atoms with Crippen molar-refractivity contribution in [3.8, 4) is 5.75 Å². The van der Waals surface area contributed by atoms with Crippen LogP contribution < -0.4 is 4.74 Å². The smallest absolute Gasteiger partial charge is 0.179 e. The molecule has 0 unspecified atom stereocenters. The Morgan fingerprint density at radius 2 is 2.15 bits per heavy atom. The number of halogens is 2. The molecule has 0 atom stereocenters. The van der Waals surface area contributed by atoms with E-state index in [0.717, 1.165) is 12.8 Å². The number of rotatable bonds is 2. The average molecular weight is 245 g/mol. The van der Waals surface area contributed by atoms with Crippen molar-refractivity contribution in [1.82, 2.24) is 0 Å². The highest BCUT2D eigenvalue weighted by atomic mass is 79.9. The highest BCUT2D eigenvalue weighted by Gasteiger charge is 2.20. The van der Waals surface area contributed by atoms with Gasteiger partial charge in [-0.3, -0.25) is 0 Å². The second-order valence-corrected chi connectivity index (χ2v) is 4.08. The van der Waals surface area contributed by atoms with Crippen LogP contribution in [0.15, 0.2) is 22.7 Å². The number of hydrogen-bond acceptors (Lipinski definition) is 1. The summed E-state index contributed by atoms with van der Waals surface area (Å²) in [5.74, 6) is 0.0634. The molecular formula is C10H10BrFO. The van der Waals surface area contributed by atoms with Crippen LogP contribution in [-0.4, -0.2) is 6.10 Å². The van der Waals surface area contributed by atoms with Gasteiger partial charge >= 0.3 is 0 Å². The van der Waals surface area contributed by atoms with Crippen LogP contribution in [0.5, 0.6) is 5.75 Å². The van der Waals surface area contributed by atoms with E-state index in [-0.39, 0.29) is 11.9 Å². The molecule has 0 heterocycles. The van der Waals surface area contributed by atoms with Gasteiger partial charge in [0.05, 0.1) is 10.6 Å². The zero-order valence-electron chi connectivity index (χ0n) is 7.09. The minimum Gasteiger partial charge on any atom is -0.487 e. The summed E-state index contributed by atoms with van der Waals surface area (Å²) in [6.07, 6.45) is 3.52. The van der Waals surface area contributed by atoms with Crippen LogP contribution in [0.3, 0.4) is 0 Å². The zero-order chi connectivity index (χ0) is 9.26. The van der Waals surface area contributed by atoms with Crippen LogP contribution in [0.1, 0.15) is 19.3 Å². The Labute approximate surface area is 85.0 Å². The lowest BCUT2D eigenvalue weighted by molar-refractivity contribution is 0.115. The maximum atomic E-state index is 13.4. The standard InChI is InChI=1S/C10H10BrFO/c11-8-5-2-6-9(10(8)12)13-7-3-1-4-7/h2,5-7H,1,3-4H2. The van der Waals surface area contributed by atoms with Gasteiger partial charge in [-0.05, 0) is 47.3 Å². The minimum absolute atomic E-state index is 0.226. The van der Waals surface area contributed by atoms with E-state index in [1.54, 1.807) is 18.2 Å². The van der Waals surface area contributed by atoms with Gasteiger partial charge in [-0.1, -0.05) is 6.07 Å². The first kappa shape index (κ1) is 9.00. The van der Waals surface area contributed by atoms with Crippen molar-refractivity contribution in [2.45, 2.75) is 25.4 Å². The summed E-state index contributed by atoms with van der Waals surface area (Å²) in [7, 11) is 0. The molecule has 0 radical (unpaired) electrons. The van der Waals surface area contributed by atoms with Crippen LogP contribution in [0, 0.1) is 5.82 Å². The first-order valence-corrected chi connectivity index (χ1v) is 5.17. The fourth-order valence-electron chi connectivity index (χ4n) is 1.24. The molecule has 0 saturated heterocycles. The summed E-state index contributed by atoms with van der Waals surface area (Å²) >= 11 is 3.12. The lowest BCUT2D eigenvalue weighted by Crippen LogP contribution is -2.24. The molecule has 3 heteroatoms. The van der Waals surface area contributed by atoms with Crippen molar-refractivity contribution < 1.29 is 9.13 Å². The number of hydrogen-bond donors (Lipinski definition) is 0. The highest BCUT2D eigenvalue weighted by Crippen LogP contribution is 2.29. The Morgan fingerprint density at radius 1 is 1.38 bits per heavy atom. The summed E-state index contributed by atoms with van der Waals surface area (Å²) in [4.78, 5) is 0. The van der Waals surface area contributed by atoms with E-state index in [4.69, 9.17) is 4.74 Å². The second-order valence-electron chi connectivity index (χ2n) is 3.22. The molecule has 1 fully saturated rings. The Morgan fingerprint density at radius 3 is 2.77 bits per heavy atom. The van der Waals surface area contributed by atoms with Crippen molar-refractivity contribution >= 4 is 15.9 Å². The van der Waals surface area contributed by atoms with Gasteiger partial charge in [0.15, 0.2) is 11.6 Å². The van der Waals surface area contributed by atoms with Gasteiger partial charge in [0.1, 0.15) is 0 Å². The van der Waals surface area contributed by atoms with Crippen LogP contribution in [0.2, 0.25) is 0 Å². The van der Waals surface area contributed by atoms with E-state index in [2.05, 4.69) is 15.9 Å². The number of ether oxygens (including phenoxy) is 1. The molecule has 0 spiro atoms. The summed E-state index contributed by atoms with van der Waals surface area (Å²) in [6.45, 7) is 0. The van der Waals surface area contributed by atoms with E-state index in [1.165, 1.54) is 6.42 Å². The predicted octanol–water partition coefficient (Wildman–Crippen LogP) is 3.52. The quantitative estimate of drug-likeness (QED) is 0.774. The first-order valence-electron chi connectivity index (χ1n) is 4.38. The van der Waals surface area contributed by atoms with Crippen LogP contribution in [-0.2, 0) is 0 Å². The van der Waals surface area contributed by atoms with Gasteiger partial charge in [-0.25, -0.2) is 4.39 Å². The van der Waals surface area contributed by atoms with Crippen molar-refractivity contribution in [3.05, 3.63) is 28.5 Å². The molecule has 2 rings (SSSR count). The molecule has 1 aliphatic carbocycles.